The van der Waals surface area contributed by atoms with E-state index in [0.717, 1.165) is 27.8 Å². The predicted octanol–water partition coefficient (Wildman–Crippen LogP) is 5.24. The largest absolute Gasteiger partial charge is 0.458 e. The zero-order valence-electron chi connectivity index (χ0n) is 23.3. The maximum atomic E-state index is 9.16. The monoisotopic (exact) mass is 402 g/mol. The smallest absolute Gasteiger partial charge is 0.256 e. The van der Waals surface area contributed by atoms with Gasteiger partial charge in [0.1, 0.15) is 11.5 Å². The van der Waals surface area contributed by atoms with Gasteiger partial charge >= 0.3 is 0 Å². The first kappa shape index (κ1) is 11.4. The summed E-state index contributed by atoms with van der Waals surface area (Å²) < 4.78 is 66.3. The molecule has 5 aromatic rings. The zero-order chi connectivity index (χ0) is 26.5. The lowest BCUT2D eigenvalue weighted by atomic mass is 9.34. The van der Waals surface area contributed by atoms with Crippen LogP contribution in [0.1, 0.15) is 9.60 Å². The van der Waals surface area contributed by atoms with E-state index in [2.05, 4.69) is 0 Å². The fourth-order valence-corrected chi connectivity index (χ4v) is 4.70. The molecule has 0 atom stereocenters. The summed E-state index contributed by atoms with van der Waals surface area (Å²) in [6, 6.07) is 18.6. The Labute approximate surface area is 191 Å². The molecule has 144 valence electrons. The quantitative estimate of drug-likeness (QED) is 0.348. The topological polar surface area (TPSA) is 12.5 Å². The summed E-state index contributed by atoms with van der Waals surface area (Å²) >= 11 is 0. The van der Waals surface area contributed by atoms with Crippen LogP contribution in [-0.2, 0) is 0 Å². The van der Waals surface area contributed by atoms with Gasteiger partial charge in [-0.25, -0.2) is 0 Å². The van der Waals surface area contributed by atoms with Gasteiger partial charge in [-0.05, 0) is 63.5 Å². The van der Waals surface area contributed by atoms with Crippen molar-refractivity contribution in [2.24, 2.45) is 0 Å². The van der Waals surface area contributed by atoms with Crippen molar-refractivity contribution < 1.29 is 14.3 Å². The number of hydrogen-bond acceptors (Lipinski definition) is 2. The number of ether oxygens (including phenoxy) is 1. The molecular formula is C28H18BNO. The van der Waals surface area contributed by atoms with Crippen LogP contribution in [0.25, 0.3) is 10.8 Å². The molecule has 0 amide bonds. The Kier molecular flexibility index (Phi) is 2.31. The van der Waals surface area contributed by atoms with Gasteiger partial charge in [-0.2, -0.15) is 0 Å². The van der Waals surface area contributed by atoms with E-state index in [0.29, 0.717) is 11.4 Å². The molecule has 0 fully saturated rings. The van der Waals surface area contributed by atoms with Crippen LogP contribution >= 0.6 is 0 Å². The maximum absolute atomic E-state index is 9.16. The molecule has 0 N–H and O–H groups in total. The van der Waals surface area contributed by atoms with Gasteiger partial charge in [-0.1, -0.05) is 72.7 Å². The number of hydrogen-bond donors (Lipinski definition) is 0. The summed E-state index contributed by atoms with van der Waals surface area (Å²) in [6.45, 7) is -0.143. The van der Waals surface area contributed by atoms with Crippen LogP contribution < -0.4 is 26.0 Å². The summed E-state index contributed by atoms with van der Waals surface area (Å²) in [5, 5.41) is -0.191. The van der Waals surface area contributed by atoms with Crippen molar-refractivity contribution in [3.63, 3.8) is 0 Å². The van der Waals surface area contributed by atoms with Crippen molar-refractivity contribution in [3.05, 3.63) is 109 Å². The lowest BCUT2D eigenvalue weighted by Crippen LogP contribution is -2.59. The molecule has 3 heteroatoms. The van der Waals surface area contributed by atoms with Crippen molar-refractivity contribution in [2.45, 2.75) is 0 Å². The van der Waals surface area contributed by atoms with E-state index < -0.39 is 24.2 Å². The zero-order valence-corrected chi connectivity index (χ0v) is 16.3. The molecule has 0 bridgehead atoms. The Bertz CT molecular complexity index is 1860. The van der Waals surface area contributed by atoms with Crippen molar-refractivity contribution in [2.75, 3.05) is 4.90 Å². The maximum Gasteiger partial charge on any atom is 0.256 e. The number of anilines is 3. The molecule has 0 aliphatic carbocycles. The van der Waals surface area contributed by atoms with Crippen LogP contribution in [0.4, 0.5) is 17.1 Å². The lowest BCUT2D eigenvalue weighted by Gasteiger charge is -2.39. The summed E-state index contributed by atoms with van der Waals surface area (Å²) in [6.07, 6.45) is 0. The fourth-order valence-electron chi connectivity index (χ4n) is 4.70. The Morgan fingerprint density at radius 2 is 1.42 bits per heavy atom. The molecule has 7 rings (SSSR count). The normalized spacial score (nSPS) is 16.5. The molecular weight excluding hydrogens is 377 g/mol. The molecule has 0 saturated heterocycles. The molecule has 0 unspecified atom stereocenters. The van der Waals surface area contributed by atoms with Crippen LogP contribution in [0.3, 0.4) is 0 Å². The SMILES string of the molecule is [2H]c1c([2H])c([2H])c2c([2H])c(N3c4ccccc4B4c5ccccc5Oc5cccc3c54)c([2H])c([2H])c2c1[2H]. The third-order valence-electron chi connectivity index (χ3n) is 5.97. The molecule has 2 heterocycles. The van der Waals surface area contributed by atoms with E-state index >= 15 is 0 Å². The Morgan fingerprint density at radius 3 is 2.35 bits per heavy atom. The van der Waals surface area contributed by atoms with Gasteiger partial charge in [0.2, 0.25) is 0 Å². The second kappa shape index (κ2) is 6.26. The average molecular weight is 402 g/mol. The first-order valence-electron chi connectivity index (χ1n) is 13.6. The predicted molar refractivity (Wildman–Crippen MR) is 130 cm³/mol. The van der Waals surface area contributed by atoms with E-state index in [1.54, 1.807) is 4.90 Å². The average Bonchev–Trinajstić information content (AvgIpc) is 2.93. The minimum atomic E-state index is -0.485. The van der Waals surface area contributed by atoms with Gasteiger partial charge in [0.15, 0.2) is 0 Å². The first-order chi connectivity index (χ1) is 18.3. The third-order valence-corrected chi connectivity index (χ3v) is 5.97. The van der Waals surface area contributed by atoms with E-state index in [1.165, 1.54) is 0 Å². The van der Waals surface area contributed by atoms with Crippen LogP contribution in [-0.4, -0.2) is 6.71 Å². The Morgan fingerprint density at radius 1 is 0.677 bits per heavy atom. The lowest BCUT2D eigenvalue weighted by molar-refractivity contribution is 0.487. The summed E-state index contributed by atoms with van der Waals surface area (Å²) in [4.78, 5) is 1.77. The van der Waals surface area contributed by atoms with E-state index in [9.17, 15) is 0 Å². The van der Waals surface area contributed by atoms with Gasteiger partial charge in [0.05, 0.1) is 9.60 Å². The van der Waals surface area contributed by atoms with E-state index in [-0.39, 0.29) is 41.3 Å². The number of nitrogens with zero attached hydrogens (tertiary/aromatic N) is 1. The summed E-state index contributed by atoms with van der Waals surface area (Å²) in [7, 11) is 0. The van der Waals surface area contributed by atoms with Crippen molar-refractivity contribution in [1.29, 1.82) is 0 Å². The number of fused-ring (bicyclic) bond motifs is 5. The Hall–Kier alpha value is -3.98. The van der Waals surface area contributed by atoms with Crippen LogP contribution in [0.15, 0.2) is 109 Å². The standard InChI is InChI=1S/C28H18BNO/c1-2-9-20-18-21(17-16-19(20)8-1)30-24-12-5-3-10-22(24)29-23-11-4-6-14-26(23)31-27-15-7-13-25(30)28(27)29/h1-18H/i1D,2D,8D,9D,16D,17D,18D. The molecule has 2 aliphatic rings. The van der Waals surface area contributed by atoms with E-state index in [1.807, 2.05) is 66.7 Å². The number of rotatable bonds is 1. The van der Waals surface area contributed by atoms with Crippen LogP contribution in [0.5, 0.6) is 11.5 Å². The third kappa shape index (κ3) is 2.35. The van der Waals surface area contributed by atoms with Gasteiger partial charge in [0, 0.05) is 17.1 Å². The summed E-state index contributed by atoms with van der Waals surface area (Å²) in [5.74, 6) is 1.43. The second-order valence-corrected chi connectivity index (χ2v) is 7.63. The highest BCUT2D eigenvalue weighted by Gasteiger charge is 2.41. The molecule has 0 aromatic heterocycles. The first-order valence-corrected chi connectivity index (χ1v) is 10.1. The highest BCUT2D eigenvalue weighted by atomic mass is 16.5. The molecule has 0 saturated carbocycles. The van der Waals surface area contributed by atoms with Gasteiger partial charge in [-0.3, -0.25) is 0 Å². The van der Waals surface area contributed by atoms with Crippen molar-refractivity contribution >= 4 is 50.9 Å². The highest BCUT2D eigenvalue weighted by Crippen LogP contribution is 2.40. The molecule has 5 aromatic carbocycles. The minimum Gasteiger partial charge on any atom is -0.458 e. The molecule has 0 radical (unpaired) electrons. The summed E-state index contributed by atoms with van der Waals surface area (Å²) in [5.41, 5.74) is 4.35. The highest BCUT2D eigenvalue weighted by molar-refractivity contribution is 6.99. The van der Waals surface area contributed by atoms with E-state index in [4.69, 9.17) is 14.3 Å². The molecule has 0 spiro atoms. The van der Waals surface area contributed by atoms with Crippen molar-refractivity contribution in [3.8, 4) is 11.5 Å². The molecule has 2 aliphatic heterocycles. The fraction of sp³-hybridized carbons (Fsp3) is 0. The van der Waals surface area contributed by atoms with Crippen molar-refractivity contribution in [1.82, 2.24) is 0 Å². The van der Waals surface area contributed by atoms with Gasteiger partial charge in [-0.15, -0.1) is 0 Å². The number of para-hydroxylation sites is 2. The van der Waals surface area contributed by atoms with Crippen LogP contribution in [0, 0.1) is 0 Å². The Balaban J connectivity index is 1.61. The molecule has 31 heavy (non-hydrogen) atoms. The van der Waals surface area contributed by atoms with Gasteiger partial charge < -0.3 is 9.64 Å². The molecule has 2 nitrogen and oxygen atoms in total. The second-order valence-electron chi connectivity index (χ2n) is 7.63. The van der Waals surface area contributed by atoms with Gasteiger partial charge in [0.25, 0.3) is 6.71 Å². The number of benzene rings is 5. The van der Waals surface area contributed by atoms with Crippen LogP contribution in [0.2, 0.25) is 0 Å². The minimum absolute atomic E-state index is 0.0713.